The number of carbonyl (C=O) groups is 1. The molecule has 0 bridgehead atoms. The van der Waals surface area contributed by atoms with Gasteiger partial charge in [0.15, 0.2) is 10.6 Å². The summed E-state index contributed by atoms with van der Waals surface area (Å²) in [5.74, 6) is 1.18. The number of nitrogens with one attached hydrogen (secondary N) is 2. The van der Waals surface area contributed by atoms with Gasteiger partial charge in [-0.2, -0.15) is 5.10 Å². The summed E-state index contributed by atoms with van der Waals surface area (Å²) in [7, 11) is 0. The van der Waals surface area contributed by atoms with Crippen molar-refractivity contribution < 1.29 is 9.18 Å². The van der Waals surface area contributed by atoms with Crippen LogP contribution in [0.3, 0.4) is 0 Å². The highest BCUT2D eigenvalue weighted by atomic mass is 32.2. The Bertz CT molecular complexity index is 1090. The Morgan fingerprint density at radius 2 is 2.14 bits per heavy atom. The normalized spacial score (nSPS) is 15.7. The van der Waals surface area contributed by atoms with E-state index in [4.69, 9.17) is 12.2 Å². The van der Waals surface area contributed by atoms with Crippen LogP contribution in [0.15, 0.2) is 47.4 Å². The van der Waals surface area contributed by atoms with Gasteiger partial charge in [-0.05, 0) is 37.2 Å². The van der Waals surface area contributed by atoms with Gasteiger partial charge >= 0.3 is 0 Å². The number of rotatable bonds is 5. The number of halogens is 1. The molecule has 3 aromatic rings. The molecule has 0 fully saturated rings. The summed E-state index contributed by atoms with van der Waals surface area (Å²) in [4.78, 5) is 13.3. The zero-order valence-electron chi connectivity index (χ0n) is 15.9. The largest absolute Gasteiger partial charge is 0.349 e. The van der Waals surface area contributed by atoms with E-state index in [1.165, 1.54) is 17.8 Å². The molecule has 0 unspecified atom stereocenters. The molecule has 0 saturated heterocycles. The zero-order valence-corrected chi connectivity index (χ0v) is 17.6. The van der Waals surface area contributed by atoms with Gasteiger partial charge in [0.25, 0.3) is 0 Å². The first kappa shape index (κ1) is 19.8. The maximum atomic E-state index is 14.0. The molecule has 8 heteroatoms. The number of nitrogens with zero attached hydrogens (tertiary/aromatic N) is 2. The SMILES string of the molecule is Cc1ccc(-c2n[nH]c(=S)n2CCC(=O)N[C@@H]2CCSc3c(F)cccc32)cc1. The van der Waals surface area contributed by atoms with Crippen molar-refractivity contribution in [3.8, 4) is 11.4 Å². The molecule has 1 amide bonds. The first-order chi connectivity index (χ1) is 14.0. The van der Waals surface area contributed by atoms with Gasteiger partial charge in [-0.1, -0.05) is 42.0 Å². The maximum absolute atomic E-state index is 14.0. The van der Waals surface area contributed by atoms with Crippen LogP contribution >= 0.6 is 24.0 Å². The zero-order chi connectivity index (χ0) is 20.4. The van der Waals surface area contributed by atoms with Crippen LogP contribution in [-0.4, -0.2) is 26.4 Å². The minimum Gasteiger partial charge on any atom is -0.349 e. The molecular weight excluding hydrogens is 407 g/mol. The summed E-state index contributed by atoms with van der Waals surface area (Å²) >= 11 is 6.85. The number of carbonyl (C=O) groups excluding carboxylic acids is 1. The van der Waals surface area contributed by atoms with Gasteiger partial charge in [-0.25, -0.2) is 4.39 Å². The molecular formula is C21H21FN4OS2. The maximum Gasteiger partial charge on any atom is 0.222 e. The first-order valence-electron chi connectivity index (χ1n) is 9.46. The van der Waals surface area contributed by atoms with E-state index < -0.39 is 0 Å². The third-order valence-corrected chi connectivity index (χ3v) is 6.46. The molecule has 2 heterocycles. The lowest BCUT2D eigenvalue weighted by molar-refractivity contribution is -0.122. The summed E-state index contributed by atoms with van der Waals surface area (Å²) in [6.07, 6.45) is 1.05. The summed E-state index contributed by atoms with van der Waals surface area (Å²) in [6, 6.07) is 12.9. The van der Waals surface area contributed by atoms with E-state index in [-0.39, 0.29) is 24.2 Å². The van der Waals surface area contributed by atoms with Gasteiger partial charge in [0, 0.05) is 29.2 Å². The molecule has 0 aliphatic carbocycles. The lowest BCUT2D eigenvalue weighted by Gasteiger charge is -2.26. The average molecular weight is 429 g/mol. The first-order valence-corrected chi connectivity index (χ1v) is 10.8. The van der Waals surface area contributed by atoms with Gasteiger partial charge in [0.05, 0.1) is 6.04 Å². The molecule has 1 aliphatic heterocycles. The average Bonchev–Trinajstić information content (AvgIpc) is 3.08. The van der Waals surface area contributed by atoms with Crippen molar-refractivity contribution in [3.05, 3.63) is 64.2 Å². The molecule has 0 spiro atoms. The van der Waals surface area contributed by atoms with E-state index in [0.29, 0.717) is 22.0 Å². The Morgan fingerprint density at radius 3 is 2.93 bits per heavy atom. The topological polar surface area (TPSA) is 62.7 Å². The second-order valence-corrected chi connectivity index (χ2v) is 8.53. The number of aryl methyl sites for hydroxylation is 1. The summed E-state index contributed by atoms with van der Waals surface area (Å²) in [5.41, 5.74) is 2.96. The molecule has 150 valence electrons. The molecule has 1 atom stereocenters. The van der Waals surface area contributed by atoms with Gasteiger partial charge < -0.3 is 5.32 Å². The standard InChI is InChI=1S/C21H21FN4OS2/c1-13-5-7-14(8-6-13)20-24-25-21(28)26(20)11-9-18(27)23-17-10-12-29-19-15(17)3-2-4-16(19)22/h2-8,17H,9-12H2,1H3,(H,23,27)(H,25,28)/t17-/m1/s1. The number of benzene rings is 2. The molecule has 2 aromatic carbocycles. The fraction of sp³-hybridized carbons (Fsp3) is 0.286. The van der Waals surface area contributed by atoms with Crippen LogP contribution < -0.4 is 5.32 Å². The Hall–Kier alpha value is -2.45. The van der Waals surface area contributed by atoms with Gasteiger partial charge in [-0.15, -0.1) is 11.8 Å². The molecule has 0 radical (unpaired) electrons. The minimum absolute atomic E-state index is 0.0879. The number of amides is 1. The second-order valence-electron chi connectivity index (χ2n) is 7.04. The number of H-pyrrole nitrogens is 1. The highest BCUT2D eigenvalue weighted by Crippen LogP contribution is 2.37. The van der Waals surface area contributed by atoms with Crippen molar-refractivity contribution in [2.24, 2.45) is 0 Å². The molecule has 2 N–H and O–H groups in total. The van der Waals surface area contributed by atoms with Gasteiger partial charge in [-0.3, -0.25) is 14.5 Å². The van der Waals surface area contributed by atoms with E-state index in [0.717, 1.165) is 28.9 Å². The molecule has 5 nitrogen and oxygen atoms in total. The molecule has 1 aromatic heterocycles. The Labute approximate surface area is 177 Å². The van der Waals surface area contributed by atoms with Crippen LogP contribution in [0.2, 0.25) is 0 Å². The number of hydrogen-bond acceptors (Lipinski definition) is 4. The van der Waals surface area contributed by atoms with Crippen molar-refractivity contribution in [3.63, 3.8) is 0 Å². The van der Waals surface area contributed by atoms with Crippen LogP contribution in [-0.2, 0) is 11.3 Å². The fourth-order valence-corrected chi connectivity index (χ4v) is 4.83. The van der Waals surface area contributed by atoms with Crippen LogP contribution in [0.5, 0.6) is 0 Å². The number of aromatic nitrogens is 3. The number of thioether (sulfide) groups is 1. The van der Waals surface area contributed by atoms with Crippen molar-refractivity contribution in [1.29, 1.82) is 0 Å². The Morgan fingerprint density at radius 1 is 1.34 bits per heavy atom. The summed E-state index contributed by atoms with van der Waals surface area (Å²) in [5, 5.41) is 10.2. The third kappa shape index (κ3) is 4.28. The van der Waals surface area contributed by atoms with Crippen molar-refractivity contribution in [2.75, 3.05) is 5.75 Å². The number of aromatic amines is 1. The smallest absolute Gasteiger partial charge is 0.222 e. The predicted octanol–water partition coefficient (Wildman–Crippen LogP) is 4.80. The van der Waals surface area contributed by atoms with Crippen LogP contribution in [0, 0.1) is 17.5 Å². The lowest BCUT2D eigenvalue weighted by atomic mass is 10.0. The number of hydrogen-bond donors (Lipinski definition) is 2. The van der Waals surface area contributed by atoms with E-state index in [1.807, 2.05) is 41.8 Å². The number of fused-ring (bicyclic) bond motifs is 1. The third-order valence-electron chi connectivity index (χ3n) is 4.99. The van der Waals surface area contributed by atoms with Crippen LogP contribution in [0.4, 0.5) is 4.39 Å². The predicted molar refractivity (Wildman–Crippen MR) is 115 cm³/mol. The molecule has 29 heavy (non-hydrogen) atoms. The minimum atomic E-state index is -0.223. The quantitative estimate of drug-likeness (QED) is 0.573. The fourth-order valence-electron chi connectivity index (χ4n) is 3.46. The summed E-state index contributed by atoms with van der Waals surface area (Å²) in [6.45, 7) is 2.45. The van der Waals surface area contributed by atoms with E-state index in [1.54, 1.807) is 6.07 Å². The van der Waals surface area contributed by atoms with E-state index >= 15 is 0 Å². The van der Waals surface area contributed by atoms with Gasteiger partial charge in [0.2, 0.25) is 5.91 Å². The van der Waals surface area contributed by atoms with Crippen LogP contribution in [0.1, 0.15) is 30.0 Å². The van der Waals surface area contributed by atoms with Crippen molar-refractivity contribution >= 4 is 29.9 Å². The van der Waals surface area contributed by atoms with E-state index in [2.05, 4.69) is 15.5 Å². The van der Waals surface area contributed by atoms with Crippen LogP contribution in [0.25, 0.3) is 11.4 Å². The molecule has 0 saturated carbocycles. The highest BCUT2D eigenvalue weighted by molar-refractivity contribution is 7.99. The second kappa shape index (κ2) is 8.51. The summed E-state index contributed by atoms with van der Waals surface area (Å²) < 4.78 is 16.4. The van der Waals surface area contributed by atoms with Crippen molar-refractivity contribution in [1.82, 2.24) is 20.1 Å². The van der Waals surface area contributed by atoms with E-state index in [9.17, 15) is 9.18 Å². The molecule has 4 rings (SSSR count). The Kier molecular flexibility index (Phi) is 5.82. The lowest BCUT2D eigenvalue weighted by Crippen LogP contribution is -2.31. The molecule has 1 aliphatic rings. The Balaban J connectivity index is 1.45. The van der Waals surface area contributed by atoms with Gasteiger partial charge in [0.1, 0.15) is 5.82 Å². The highest BCUT2D eigenvalue weighted by Gasteiger charge is 2.24. The monoisotopic (exact) mass is 428 g/mol. The van der Waals surface area contributed by atoms with Crippen molar-refractivity contribution in [2.45, 2.75) is 37.2 Å².